The summed E-state index contributed by atoms with van der Waals surface area (Å²) in [6.07, 6.45) is 7.99. The maximum atomic E-state index is 13.2. The minimum atomic E-state index is -2.96. The Hall–Kier alpha value is -2.30. The molecule has 0 fully saturated rings. The van der Waals surface area contributed by atoms with Crippen molar-refractivity contribution in [2.24, 2.45) is 0 Å². The third-order valence-electron chi connectivity index (χ3n) is 3.46. The summed E-state index contributed by atoms with van der Waals surface area (Å²) in [5, 5.41) is 0. The zero-order valence-corrected chi connectivity index (χ0v) is 14.2. The van der Waals surface area contributed by atoms with Gasteiger partial charge in [-0.3, -0.25) is 9.97 Å². The van der Waals surface area contributed by atoms with Crippen LogP contribution in [-0.2, 0) is 5.92 Å². The molecule has 0 amide bonds. The molecule has 0 spiro atoms. The van der Waals surface area contributed by atoms with Gasteiger partial charge in [-0.05, 0) is 42.7 Å². The SMILES string of the molecule is CC/C=C(\CCC)c1ncccc1Oc1ccc(C(C)(F)F)nc1. The molecule has 0 aliphatic heterocycles. The molecule has 2 heterocycles. The predicted molar refractivity (Wildman–Crippen MR) is 91.3 cm³/mol. The highest BCUT2D eigenvalue weighted by molar-refractivity contribution is 5.67. The summed E-state index contributed by atoms with van der Waals surface area (Å²) in [6, 6.07) is 6.39. The molecule has 0 aromatic carbocycles. The van der Waals surface area contributed by atoms with E-state index in [9.17, 15) is 8.78 Å². The van der Waals surface area contributed by atoms with Crippen molar-refractivity contribution in [2.75, 3.05) is 0 Å². The Kier molecular flexibility index (Phi) is 6.01. The number of halogens is 2. The van der Waals surface area contributed by atoms with E-state index in [1.807, 2.05) is 6.07 Å². The van der Waals surface area contributed by atoms with Crippen LogP contribution in [-0.4, -0.2) is 9.97 Å². The molecule has 0 radical (unpaired) electrons. The summed E-state index contributed by atoms with van der Waals surface area (Å²) >= 11 is 0. The van der Waals surface area contributed by atoms with E-state index in [1.165, 1.54) is 18.3 Å². The van der Waals surface area contributed by atoms with Gasteiger partial charge < -0.3 is 4.74 Å². The van der Waals surface area contributed by atoms with Crippen LogP contribution in [0, 0.1) is 0 Å². The minimum absolute atomic E-state index is 0.279. The van der Waals surface area contributed by atoms with Gasteiger partial charge in [-0.15, -0.1) is 0 Å². The predicted octanol–water partition coefficient (Wildman–Crippen LogP) is 5.97. The molecule has 128 valence electrons. The summed E-state index contributed by atoms with van der Waals surface area (Å²) < 4.78 is 32.3. The van der Waals surface area contributed by atoms with Gasteiger partial charge in [-0.2, -0.15) is 8.78 Å². The van der Waals surface area contributed by atoms with E-state index in [1.54, 1.807) is 12.3 Å². The van der Waals surface area contributed by atoms with Crippen molar-refractivity contribution >= 4 is 5.57 Å². The van der Waals surface area contributed by atoms with Crippen molar-refractivity contribution in [2.45, 2.75) is 46.0 Å². The average Bonchev–Trinajstić information content (AvgIpc) is 2.55. The fraction of sp³-hybridized carbons (Fsp3) is 0.368. The second-order valence-electron chi connectivity index (χ2n) is 5.61. The van der Waals surface area contributed by atoms with Crippen LogP contribution in [0.3, 0.4) is 0 Å². The van der Waals surface area contributed by atoms with E-state index in [0.29, 0.717) is 11.5 Å². The van der Waals surface area contributed by atoms with E-state index in [-0.39, 0.29) is 5.69 Å². The molecule has 0 saturated heterocycles. The van der Waals surface area contributed by atoms with E-state index in [0.717, 1.165) is 37.5 Å². The second kappa shape index (κ2) is 7.99. The molecule has 0 bridgehead atoms. The first kappa shape index (κ1) is 18.0. The molecule has 2 aromatic rings. The van der Waals surface area contributed by atoms with Gasteiger partial charge >= 0.3 is 0 Å². The largest absolute Gasteiger partial charge is 0.453 e. The number of hydrogen-bond donors (Lipinski definition) is 0. The van der Waals surface area contributed by atoms with Gasteiger partial charge in [0.2, 0.25) is 0 Å². The van der Waals surface area contributed by atoms with Crippen LogP contribution in [0.2, 0.25) is 0 Å². The van der Waals surface area contributed by atoms with Crippen LogP contribution < -0.4 is 4.74 Å². The smallest absolute Gasteiger partial charge is 0.286 e. The van der Waals surface area contributed by atoms with Gasteiger partial charge in [-0.1, -0.05) is 26.3 Å². The van der Waals surface area contributed by atoms with Gasteiger partial charge in [0.1, 0.15) is 17.1 Å². The molecule has 24 heavy (non-hydrogen) atoms. The molecule has 0 N–H and O–H groups in total. The monoisotopic (exact) mass is 332 g/mol. The molecular formula is C19H22F2N2O. The van der Waals surface area contributed by atoms with Crippen LogP contribution in [0.4, 0.5) is 8.78 Å². The van der Waals surface area contributed by atoms with Crippen molar-refractivity contribution in [3.8, 4) is 11.5 Å². The van der Waals surface area contributed by atoms with Gasteiger partial charge in [-0.25, -0.2) is 0 Å². The van der Waals surface area contributed by atoms with Crippen molar-refractivity contribution in [3.05, 3.63) is 54.1 Å². The number of hydrogen-bond acceptors (Lipinski definition) is 3. The Balaban J connectivity index is 2.29. The van der Waals surface area contributed by atoms with E-state index in [2.05, 4.69) is 29.9 Å². The molecule has 2 aromatic heterocycles. The molecule has 0 unspecified atom stereocenters. The molecule has 3 nitrogen and oxygen atoms in total. The summed E-state index contributed by atoms with van der Waals surface area (Å²) in [5.41, 5.74) is 1.63. The van der Waals surface area contributed by atoms with Crippen LogP contribution in [0.15, 0.2) is 42.7 Å². The number of nitrogens with zero attached hydrogens (tertiary/aromatic N) is 2. The van der Waals surface area contributed by atoms with Crippen molar-refractivity contribution in [3.63, 3.8) is 0 Å². The Labute approximate surface area is 141 Å². The van der Waals surface area contributed by atoms with Gasteiger partial charge in [0, 0.05) is 13.1 Å². The highest BCUT2D eigenvalue weighted by atomic mass is 19.3. The summed E-state index contributed by atoms with van der Waals surface area (Å²) in [4.78, 5) is 8.22. The first-order chi connectivity index (χ1) is 11.5. The number of aromatic nitrogens is 2. The van der Waals surface area contributed by atoms with Crippen LogP contribution in [0.25, 0.3) is 5.57 Å². The van der Waals surface area contributed by atoms with Crippen molar-refractivity contribution in [1.82, 2.24) is 9.97 Å². The summed E-state index contributed by atoms with van der Waals surface area (Å²) in [6.45, 7) is 5.01. The van der Waals surface area contributed by atoms with E-state index < -0.39 is 5.92 Å². The lowest BCUT2D eigenvalue weighted by molar-refractivity contribution is 0.0127. The standard InChI is InChI=1S/C19H22F2N2O/c1-4-7-14(8-5-2)18-16(9-6-12-22-18)24-15-10-11-17(23-13-15)19(3,20)21/h6-7,9-13H,4-5,8H2,1-3H3/b14-7+. The Bertz CT molecular complexity index is 691. The van der Waals surface area contributed by atoms with Gasteiger partial charge in [0.05, 0.1) is 6.20 Å². The summed E-state index contributed by atoms with van der Waals surface area (Å²) in [5.74, 6) is -1.95. The third kappa shape index (κ3) is 4.60. The lowest BCUT2D eigenvalue weighted by atomic mass is 10.0. The average molecular weight is 332 g/mol. The lowest BCUT2D eigenvalue weighted by Crippen LogP contribution is -2.09. The van der Waals surface area contributed by atoms with Crippen molar-refractivity contribution < 1.29 is 13.5 Å². The highest BCUT2D eigenvalue weighted by Crippen LogP contribution is 2.32. The number of allylic oxidation sites excluding steroid dienone is 2. The maximum Gasteiger partial charge on any atom is 0.286 e. The number of alkyl halides is 2. The molecule has 0 atom stereocenters. The molecule has 2 rings (SSSR count). The lowest BCUT2D eigenvalue weighted by Gasteiger charge is -2.13. The molecule has 5 heteroatoms. The third-order valence-corrected chi connectivity index (χ3v) is 3.46. The zero-order chi connectivity index (χ0) is 17.6. The topological polar surface area (TPSA) is 35.0 Å². The quantitative estimate of drug-likeness (QED) is 0.626. The Morgan fingerprint density at radius 1 is 1.21 bits per heavy atom. The van der Waals surface area contributed by atoms with Crippen LogP contribution in [0.5, 0.6) is 11.5 Å². The fourth-order valence-electron chi connectivity index (χ4n) is 2.37. The number of rotatable bonds is 7. The molecule has 0 aliphatic rings. The highest BCUT2D eigenvalue weighted by Gasteiger charge is 2.25. The second-order valence-corrected chi connectivity index (χ2v) is 5.61. The molecule has 0 saturated carbocycles. The van der Waals surface area contributed by atoms with Crippen LogP contribution >= 0.6 is 0 Å². The Morgan fingerprint density at radius 2 is 2.00 bits per heavy atom. The summed E-state index contributed by atoms with van der Waals surface area (Å²) in [7, 11) is 0. The van der Waals surface area contributed by atoms with E-state index in [4.69, 9.17) is 4.74 Å². The zero-order valence-electron chi connectivity index (χ0n) is 14.2. The fourth-order valence-corrected chi connectivity index (χ4v) is 2.37. The normalized spacial score (nSPS) is 12.3. The van der Waals surface area contributed by atoms with E-state index >= 15 is 0 Å². The first-order valence-corrected chi connectivity index (χ1v) is 8.12. The number of ether oxygens (including phenoxy) is 1. The first-order valence-electron chi connectivity index (χ1n) is 8.12. The van der Waals surface area contributed by atoms with Gasteiger partial charge in [0.25, 0.3) is 5.92 Å². The minimum Gasteiger partial charge on any atom is -0.453 e. The van der Waals surface area contributed by atoms with Crippen LogP contribution in [0.1, 0.15) is 51.4 Å². The molecular weight excluding hydrogens is 310 g/mol. The molecule has 0 aliphatic carbocycles. The Morgan fingerprint density at radius 3 is 2.58 bits per heavy atom. The number of pyridine rings is 2. The maximum absolute atomic E-state index is 13.2. The van der Waals surface area contributed by atoms with Crippen molar-refractivity contribution in [1.29, 1.82) is 0 Å². The van der Waals surface area contributed by atoms with Gasteiger partial charge in [0.15, 0.2) is 5.75 Å².